The van der Waals surface area contributed by atoms with Crippen molar-refractivity contribution in [3.8, 4) is 5.75 Å². The molecule has 0 aliphatic rings. The van der Waals surface area contributed by atoms with Crippen LogP contribution in [0.25, 0.3) is 0 Å². The van der Waals surface area contributed by atoms with Gasteiger partial charge in [0.15, 0.2) is 0 Å². The van der Waals surface area contributed by atoms with E-state index in [1.165, 1.54) is 0 Å². The van der Waals surface area contributed by atoms with E-state index in [1.54, 1.807) is 23.9 Å². The summed E-state index contributed by atoms with van der Waals surface area (Å²) >= 11 is 7.55. The highest BCUT2D eigenvalue weighted by molar-refractivity contribution is 7.99. The SMILES string of the molecule is Cc1noc(C)c1COc1ccccc1C(=O)NCCSc1ccc(Cl)cc1. The van der Waals surface area contributed by atoms with Gasteiger partial charge >= 0.3 is 0 Å². The number of benzene rings is 2. The van der Waals surface area contributed by atoms with Crippen molar-refractivity contribution in [3.05, 3.63) is 76.1 Å². The number of ether oxygens (including phenoxy) is 1. The van der Waals surface area contributed by atoms with Crippen LogP contribution in [0.3, 0.4) is 0 Å². The Balaban J connectivity index is 1.54. The van der Waals surface area contributed by atoms with Crippen molar-refractivity contribution < 1.29 is 14.1 Å². The second kappa shape index (κ2) is 9.66. The molecule has 0 bridgehead atoms. The smallest absolute Gasteiger partial charge is 0.255 e. The number of aryl methyl sites for hydroxylation is 2. The summed E-state index contributed by atoms with van der Waals surface area (Å²) < 4.78 is 11.0. The lowest BCUT2D eigenvalue weighted by molar-refractivity contribution is 0.0951. The number of hydrogen-bond donors (Lipinski definition) is 1. The second-order valence-electron chi connectivity index (χ2n) is 6.15. The van der Waals surface area contributed by atoms with Crippen molar-refractivity contribution >= 4 is 29.3 Å². The molecule has 3 rings (SSSR count). The first-order valence-electron chi connectivity index (χ1n) is 8.84. The number of nitrogens with zero attached hydrogens (tertiary/aromatic N) is 1. The molecule has 146 valence electrons. The van der Waals surface area contributed by atoms with Gasteiger partial charge in [0.2, 0.25) is 0 Å². The topological polar surface area (TPSA) is 64.4 Å². The standard InChI is InChI=1S/C21H21ClN2O3S/c1-14-19(15(2)27-24-14)13-26-20-6-4-3-5-18(20)21(25)23-11-12-28-17-9-7-16(22)8-10-17/h3-10H,11-13H2,1-2H3,(H,23,25). The van der Waals surface area contributed by atoms with E-state index in [4.69, 9.17) is 20.9 Å². The maximum Gasteiger partial charge on any atom is 0.255 e. The number of thioether (sulfide) groups is 1. The Morgan fingerprint density at radius 2 is 1.93 bits per heavy atom. The van der Waals surface area contributed by atoms with Crippen molar-refractivity contribution in [2.24, 2.45) is 0 Å². The third-order valence-electron chi connectivity index (χ3n) is 4.15. The molecule has 0 aliphatic carbocycles. The predicted molar refractivity (Wildman–Crippen MR) is 111 cm³/mol. The van der Waals surface area contributed by atoms with Gasteiger partial charge in [0.25, 0.3) is 5.91 Å². The number of aromatic nitrogens is 1. The average molecular weight is 417 g/mol. The van der Waals surface area contributed by atoms with Gasteiger partial charge < -0.3 is 14.6 Å². The van der Waals surface area contributed by atoms with Crippen molar-refractivity contribution in [2.75, 3.05) is 12.3 Å². The molecule has 0 unspecified atom stereocenters. The molecule has 2 aromatic carbocycles. The minimum atomic E-state index is -0.161. The van der Waals surface area contributed by atoms with Gasteiger partial charge in [-0.3, -0.25) is 4.79 Å². The van der Waals surface area contributed by atoms with E-state index in [1.807, 2.05) is 50.2 Å². The van der Waals surface area contributed by atoms with Gasteiger partial charge in [0.1, 0.15) is 18.1 Å². The van der Waals surface area contributed by atoms with Crippen LogP contribution in [-0.4, -0.2) is 23.4 Å². The van der Waals surface area contributed by atoms with Gasteiger partial charge in [-0.15, -0.1) is 11.8 Å². The molecule has 0 radical (unpaired) electrons. The molecule has 3 aromatic rings. The van der Waals surface area contributed by atoms with Crippen molar-refractivity contribution in [1.29, 1.82) is 0 Å². The summed E-state index contributed by atoms with van der Waals surface area (Å²) in [6.07, 6.45) is 0. The number of halogens is 1. The second-order valence-corrected chi connectivity index (χ2v) is 7.75. The van der Waals surface area contributed by atoms with Crippen molar-refractivity contribution in [2.45, 2.75) is 25.3 Å². The molecule has 5 nitrogen and oxygen atoms in total. The van der Waals surface area contributed by atoms with Gasteiger partial charge in [0.05, 0.1) is 16.8 Å². The molecule has 0 saturated heterocycles. The van der Waals surface area contributed by atoms with Gasteiger partial charge in [-0.25, -0.2) is 0 Å². The Labute approximate surface area is 173 Å². The van der Waals surface area contributed by atoms with Crippen LogP contribution in [-0.2, 0) is 6.61 Å². The molecule has 0 fully saturated rings. The highest BCUT2D eigenvalue weighted by Crippen LogP contribution is 2.22. The quantitative estimate of drug-likeness (QED) is 0.411. The highest BCUT2D eigenvalue weighted by atomic mass is 35.5. The lowest BCUT2D eigenvalue weighted by Crippen LogP contribution is -2.26. The Bertz CT molecular complexity index is 922. The van der Waals surface area contributed by atoms with Crippen LogP contribution in [0.1, 0.15) is 27.4 Å². The van der Waals surface area contributed by atoms with Gasteiger partial charge in [0, 0.05) is 22.2 Å². The van der Waals surface area contributed by atoms with Gasteiger partial charge in [-0.2, -0.15) is 0 Å². The Kier molecular flexibility index (Phi) is 7.01. The third kappa shape index (κ3) is 5.30. The molecular weight excluding hydrogens is 396 g/mol. The maximum atomic E-state index is 12.6. The molecule has 0 saturated carbocycles. The van der Waals surface area contributed by atoms with Crippen molar-refractivity contribution in [1.82, 2.24) is 10.5 Å². The van der Waals surface area contributed by atoms with Crippen LogP contribution in [0.5, 0.6) is 5.75 Å². The number of nitrogens with one attached hydrogen (secondary N) is 1. The van der Waals surface area contributed by atoms with Gasteiger partial charge in [-0.05, 0) is 50.2 Å². The van der Waals surface area contributed by atoms with Crippen LogP contribution in [0.15, 0.2) is 57.9 Å². The van der Waals surface area contributed by atoms with E-state index >= 15 is 0 Å². The largest absolute Gasteiger partial charge is 0.488 e. The first-order chi connectivity index (χ1) is 13.5. The first kappa shape index (κ1) is 20.3. The number of carbonyl (C=O) groups is 1. The molecule has 1 heterocycles. The zero-order chi connectivity index (χ0) is 19.9. The summed E-state index contributed by atoms with van der Waals surface area (Å²) in [6, 6.07) is 14.8. The Hall–Kier alpha value is -2.44. The predicted octanol–water partition coefficient (Wildman–Crippen LogP) is 5.05. The van der Waals surface area contributed by atoms with E-state index in [0.717, 1.165) is 27.7 Å². The van der Waals surface area contributed by atoms with E-state index < -0.39 is 0 Å². The number of hydrogen-bond acceptors (Lipinski definition) is 5. The van der Waals surface area contributed by atoms with E-state index in [-0.39, 0.29) is 5.91 Å². The number of amides is 1. The summed E-state index contributed by atoms with van der Waals surface area (Å²) in [7, 11) is 0. The van der Waals surface area contributed by atoms with E-state index in [2.05, 4.69) is 10.5 Å². The molecule has 1 aromatic heterocycles. The lowest BCUT2D eigenvalue weighted by Gasteiger charge is -2.11. The average Bonchev–Trinajstić information content (AvgIpc) is 3.02. The van der Waals surface area contributed by atoms with Crippen LogP contribution >= 0.6 is 23.4 Å². The molecule has 0 atom stereocenters. The Morgan fingerprint density at radius 1 is 1.18 bits per heavy atom. The molecule has 0 aliphatic heterocycles. The van der Waals surface area contributed by atoms with Crippen molar-refractivity contribution in [3.63, 3.8) is 0 Å². The molecule has 1 amide bonds. The number of rotatable bonds is 8. The van der Waals surface area contributed by atoms with E-state index in [9.17, 15) is 4.79 Å². The fourth-order valence-electron chi connectivity index (χ4n) is 2.60. The van der Waals surface area contributed by atoms with Crippen LogP contribution in [0, 0.1) is 13.8 Å². The molecule has 0 spiro atoms. The zero-order valence-corrected chi connectivity index (χ0v) is 17.3. The summed E-state index contributed by atoms with van der Waals surface area (Å²) in [5, 5.41) is 7.58. The fourth-order valence-corrected chi connectivity index (χ4v) is 3.49. The first-order valence-corrected chi connectivity index (χ1v) is 10.2. The fraction of sp³-hybridized carbons (Fsp3) is 0.238. The van der Waals surface area contributed by atoms with Crippen LogP contribution in [0.2, 0.25) is 5.02 Å². The van der Waals surface area contributed by atoms with Crippen LogP contribution < -0.4 is 10.1 Å². The minimum Gasteiger partial charge on any atom is -0.488 e. The third-order valence-corrected chi connectivity index (χ3v) is 5.42. The summed E-state index contributed by atoms with van der Waals surface area (Å²) in [6.45, 7) is 4.56. The number of carbonyl (C=O) groups excluding carboxylic acids is 1. The summed E-state index contributed by atoms with van der Waals surface area (Å²) in [4.78, 5) is 13.7. The van der Waals surface area contributed by atoms with Crippen LogP contribution in [0.4, 0.5) is 0 Å². The summed E-state index contributed by atoms with van der Waals surface area (Å²) in [5.74, 6) is 1.85. The van der Waals surface area contributed by atoms with Gasteiger partial charge in [-0.1, -0.05) is 28.9 Å². The monoisotopic (exact) mass is 416 g/mol. The maximum absolute atomic E-state index is 12.6. The Morgan fingerprint density at radius 3 is 2.64 bits per heavy atom. The lowest BCUT2D eigenvalue weighted by atomic mass is 10.2. The molecule has 7 heteroatoms. The number of para-hydroxylation sites is 1. The van der Waals surface area contributed by atoms with E-state index in [0.29, 0.717) is 29.5 Å². The molecule has 28 heavy (non-hydrogen) atoms. The normalized spacial score (nSPS) is 10.7. The highest BCUT2D eigenvalue weighted by Gasteiger charge is 2.14. The summed E-state index contributed by atoms with van der Waals surface area (Å²) in [5.41, 5.74) is 2.19. The molecular formula is C21H21ClN2O3S. The zero-order valence-electron chi connectivity index (χ0n) is 15.7. The molecule has 1 N–H and O–H groups in total. The minimum absolute atomic E-state index is 0.161.